The third-order valence-electron chi connectivity index (χ3n) is 3.75. The van der Waals surface area contributed by atoms with Gasteiger partial charge in [0.15, 0.2) is 0 Å². The maximum Gasteiger partial charge on any atom is 0.239 e. The van der Waals surface area contributed by atoms with Crippen LogP contribution in [-0.4, -0.2) is 48.4 Å². The summed E-state index contributed by atoms with van der Waals surface area (Å²) in [6.45, 7) is 3.96. The molecule has 18 heavy (non-hydrogen) atoms. The summed E-state index contributed by atoms with van der Waals surface area (Å²) < 4.78 is 0. The van der Waals surface area contributed by atoms with Crippen LogP contribution in [0.4, 0.5) is 0 Å². The molecule has 2 aliphatic rings. The molecular weight excluding hydrogens is 230 g/mol. The van der Waals surface area contributed by atoms with Gasteiger partial charge in [0.05, 0.1) is 6.04 Å². The van der Waals surface area contributed by atoms with Crippen LogP contribution in [0.3, 0.4) is 0 Å². The largest absolute Gasteiger partial charge is 0.352 e. The highest BCUT2D eigenvalue weighted by Crippen LogP contribution is 2.15. The number of hydrogen-bond donors (Lipinski definition) is 2. The smallest absolute Gasteiger partial charge is 0.239 e. The molecule has 0 spiro atoms. The number of nitrogens with zero attached hydrogens (tertiary/aromatic N) is 1. The van der Waals surface area contributed by atoms with Gasteiger partial charge >= 0.3 is 0 Å². The fourth-order valence-corrected chi connectivity index (χ4v) is 2.87. The molecule has 0 aliphatic carbocycles. The Morgan fingerprint density at radius 1 is 1.22 bits per heavy atom. The molecule has 2 N–H and O–H groups in total. The molecule has 5 nitrogen and oxygen atoms in total. The van der Waals surface area contributed by atoms with E-state index in [1.807, 2.05) is 4.90 Å². The summed E-state index contributed by atoms with van der Waals surface area (Å²) in [5.74, 6) is 0.204. The van der Waals surface area contributed by atoms with E-state index in [0.717, 1.165) is 45.2 Å². The highest BCUT2D eigenvalue weighted by molar-refractivity contribution is 5.82. The van der Waals surface area contributed by atoms with Crippen LogP contribution in [0.5, 0.6) is 0 Å². The van der Waals surface area contributed by atoms with E-state index >= 15 is 0 Å². The molecule has 5 heteroatoms. The van der Waals surface area contributed by atoms with E-state index < -0.39 is 0 Å². The first kappa shape index (κ1) is 13.3. The van der Waals surface area contributed by atoms with Crippen molar-refractivity contribution in [2.75, 3.05) is 19.6 Å². The van der Waals surface area contributed by atoms with E-state index in [1.54, 1.807) is 0 Å². The molecule has 2 atom stereocenters. The Balaban J connectivity index is 1.87. The van der Waals surface area contributed by atoms with E-state index in [0.29, 0.717) is 6.54 Å². The monoisotopic (exact) mass is 253 g/mol. The number of piperidine rings is 2. The van der Waals surface area contributed by atoms with Crippen LogP contribution in [-0.2, 0) is 9.59 Å². The van der Waals surface area contributed by atoms with Gasteiger partial charge in [0, 0.05) is 26.1 Å². The number of hydrogen-bond acceptors (Lipinski definition) is 3. The Labute approximate surface area is 108 Å². The summed E-state index contributed by atoms with van der Waals surface area (Å²) in [7, 11) is 0. The lowest BCUT2D eigenvalue weighted by molar-refractivity contribution is -0.136. The Bertz CT molecular complexity index is 313. The summed E-state index contributed by atoms with van der Waals surface area (Å²) in [5, 5.41) is 6.21. The zero-order valence-corrected chi connectivity index (χ0v) is 11.1. The van der Waals surface area contributed by atoms with Gasteiger partial charge in [-0.15, -0.1) is 0 Å². The van der Waals surface area contributed by atoms with Crippen molar-refractivity contribution < 1.29 is 9.59 Å². The Morgan fingerprint density at radius 3 is 2.72 bits per heavy atom. The van der Waals surface area contributed by atoms with Crippen LogP contribution in [0.2, 0.25) is 0 Å². The van der Waals surface area contributed by atoms with E-state index in [-0.39, 0.29) is 23.9 Å². The minimum Gasteiger partial charge on any atom is -0.352 e. The quantitative estimate of drug-likeness (QED) is 0.742. The van der Waals surface area contributed by atoms with Crippen LogP contribution in [0.25, 0.3) is 0 Å². The SMILES string of the molecule is CC(=O)NC1CCCN(C(=O)[C@H]2CCCCN2)C1. The normalized spacial score (nSPS) is 28.8. The van der Waals surface area contributed by atoms with Crippen molar-refractivity contribution in [1.82, 2.24) is 15.5 Å². The molecule has 0 bridgehead atoms. The summed E-state index contributed by atoms with van der Waals surface area (Å²) in [6.07, 6.45) is 5.19. The van der Waals surface area contributed by atoms with E-state index in [9.17, 15) is 9.59 Å². The van der Waals surface area contributed by atoms with Crippen LogP contribution in [0, 0.1) is 0 Å². The van der Waals surface area contributed by atoms with Crippen molar-refractivity contribution in [2.24, 2.45) is 0 Å². The molecule has 2 rings (SSSR count). The van der Waals surface area contributed by atoms with Gasteiger partial charge < -0.3 is 15.5 Å². The third-order valence-corrected chi connectivity index (χ3v) is 3.75. The Kier molecular flexibility index (Phi) is 4.58. The molecule has 0 aromatic carbocycles. The molecule has 0 saturated carbocycles. The van der Waals surface area contributed by atoms with Gasteiger partial charge in [-0.05, 0) is 32.2 Å². The minimum absolute atomic E-state index is 0.00479. The summed E-state index contributed by atoms with van der Waals surface area (Å²) in [4.78, 5) is 25.3. The molecule has 2 aliphatic heterocycles. The Morgan fingerprint density at radius 2 is 2.06 bits per heavy atom. The second-order valence-corrected chi connectivity index (χ2v) is 5.33. The van der Waals surface area contributed by atoms with E-state index in [4.69, 9.17) is 0 Å². The van der Waals surface area contributed by atoms with Crippen molar-refractivity contribution in [3.63, 3.8) is 0 Å². The lowest BCUT2D eigenvalue weighted by atomic mass is 10.0. The topological polar surface area (TPSA) is 61.4 Å². The van der Waals surface area contributed by atoms with Crippen LogP contribution in [0.1, 0.15) is 39.0 Å². The van der Waals surface area contributed by atoms with E-state index in [2.05, 4.69) is 10.6 Å². The zero-order chi connectivity index (χ0) is 13.0. The fourth-order valence-electron chi connectivity index (χ4n) is 2.87. The first-order valence-electron chi connectivity index (χ1n) is 6.96. The maximum absolute atomic E-state index is 12.3. The molecule has 0 aromatic heterocycles. The molecule has 2 saturated heterocycles. The van der Waals surface area contributed by atoms with Crippen molar-refractivity contribution >= 4 is 11.8 Å². The number of likely N-dealkylation sites (tertiary alicyclic amines) is 1. The number of amides is 2. The number of rotatable bonds is 2. The number of carbonyl (C=O) groups excluding carboxylic acids is 2. The van der Waals surface area contributed by atoms with Crippen LogP contribution >= 0.6 is 0 Å². The molecule has 2 heterocycles. The highest BCUT2D eigenvalue weighted by atomic mass is 16.2. The summed E-state index contributed by atoms with van der Waals surface area (Å²) >= 11 is 0. The second-order valence-electron chi connectivity index (χ2n) is 5.33. The molecule has 102 valence electrons. The van der Waals surface area contributed by atoms with Crippen molar-refractivity contribution in [1.29, 1.82) is 0 Å². The summed E-state index contributed by atoms with van der Waals surface area (Å²) in [6, 6.07) is 0.124. The minimum atomic E-state index is -0.00918. The zero-order valence-electron chi connectivity index (χ0n) is 11.1. The predicted octanol–water partition coefficient (Wildman–Crippen LogP) is 0.256. The molecule has 0 aromatic rings. The summed E-state index contributed by atoms with van der Waals surface area (Å²) in [5.41, 5.74) is 0. The van der Waals surface area contributed by atoms with Crippen LogP contribution in [0.15, 0.2) is 0 Å². The molecule has 2 fully saturated rings. The molecular formula is C13H23N3O2. The van der Waals surface area contributed by atoms with Crippen molar-refractivity contribution in [3.8, 4) is 0 Å². The van der Waals surface area contributed by atoms with Gasteiger partial charge in [0.2, 0.25) is 11.8 Å². The fraction of sp³-hybridized carbons (Fsp3) is 0.846. The Hall–Kier alpha value is -1.10. The van der Waals surface area contributed by atoms with E-state index in [1.165, 1.54) is 6.92 Å². The van der Waals surface area contributed by atoms with Gasteiger partial charge in [0.25, 0.3) is 0 Å². The molecule has 2 amide bonds. The average molecular weight is 253 g/mol. The lowest BCUT2D eigenvalue weighted by Gasteiger charge is -2.36. The maximum atomic E-state index is 12.3. The lowest BCUT2D eigenvalue weighted by Crippen LogP contribution is -2.54. The van der Waals surface area contributed by atoms with Gasteiger partial charge in [-0.1, -0.05) is 6.42 Å². The standard InChI is InChI=1S/C13H23N3O2/c1-10(17)15-11-5-4-8-16(9-11)13(18)12-6-2-3-7-14-12/h11-12,14H,2-9H2,1H3,(H,15,17)/t11?,12-/m1/s1. The average Bonchev–Trinajstić information content (AvgIpc) is 2.38. The highest BCUT2D eigenvalue weighted by Gasteiger charge is 2.29. The molecule has 1 unspecified atom stereocenters. The van der Waals surface area contributed by atoms with Crippen molar-refractivity contribution in [2.45, 2.75) is 51.1 Å². The second kappa shape index (κ2) is 6.18. The third kappa shape index (κ3) is 3.45. The number of nitrogens with one attached hydrogen (secondary N) is 2. The number of carbonyl (C=O) groups is 2. The predicted molar refractivity (Wildman–Crippen MR) is 69.1 cm³/mol. The first-order valence-corrected chi connectivity index (χ1v) is 6.96. The van der Waals surface area contributed by atoms with Gasteiger partial charge in [-0.25, -0.2) is 0 Å². The van der Waals surface area contributed by atoms with Gasteiger partial charge in [-0.2, -0.15) is 0 Å². The molecule has 0 radical (unpaired) electrons. The van der Waals surface area contributed by atoms with Crippen molar-refractivity contribution in [3.05, 3.63) is 0 Å². The first-order chi connectivity index (χ1) is 8.66. The van der Waals surface area contributed by atoms with Gasteiger partial charge in [0.1, 0.15) is 0 Å². The van der Waals surface area contributed by atoms with Crippen LogP contribution < -0.4 is 10.6 Å². The van der Waals surface area contributed by atoms with Gasteiger partial charge in [-0.3, -0.25) is 9.59 Å².